The number of rotatable bonds is 0. The van der Waals surface area contributed by atoms with Crippen molar-refractivity contribution in [3.05, 3.63) is 29.9 Å². The van der Waals surface area contributed by atoms with E-state index in [1.54, 1.807) is 12.5 Å². The van der Waals surface area contributed by atoms with Gasteiger partial charge in [-0.2, -0.15) is 0 Å². The van der Waals surface area contributed by atoms with Crippen LogP contribution in [0.4, 0.5) is 11.6 Å². The minimum Gasteiger partial charge on any atom is -0.448 e. The molecule has 1 N–H and O–H groups in total. The molecule has 1 aliphatic rings. The van der Waals surface area contributed by atoms with Gasteiger partial charge in [-0.05, 0) is 6.07 Å². The van der Waals surface area contributed by atoms with E-state index < -0.39 is 0 Å². The number of hydrogen-bond donors (Lipinski definition) is 1. The van der Waals surface area contributed by atoms with E-state index in [2.05, 4.69) is 10.5 Å². The predicted molar refractivity (Wildman–Crippen MR) is 41.3 cm³/mol. The average Bonchev–Trinajstić information content (AvgIpc) is 2.64. The van der Waals surface area contributed by atoms with Crippen LogP contribution in [0.25, 0.3) is 0 Å². The summed E-state index contributed by atoms with van der Waals surface area (Å²) < 4.78 is 10.2. The summed E-state index contributed by atoms with van der Waals surface area (Å²) in [7, 11) is 0. The van der Waals surface area contributed by atoms with Crippen LogP contribution in [-0.2, 0) is 6.42 Å². The first-order valence-electron chi connectivity index (χ1n) is 3.70. The van der Waals surface area contributed by atoms with Gasteiger partial charge in [0.2, 0.25) is 5.88 Å². The predicted octanol–water partition coefficient (Wildman–Crippen LogP) is 1.92. The minimum absolute atomic E-state index is 0.758. The van der Waals surface area contributed by atoms with E-state index in [0.717, 1.165) is 29.3 Å². The smallest absolute Gasteiger partial charge is 0.200 e. The van der Waals surface area contributed by atoms with Crippen LogP contribution >= 0.6 is 0 Å². The summed E-state index contributed by atoms with van der Waals surface area (Å²) in [6, 6.07) is 1.92. The Morgan fingerprint density at radius 1 is 1.50 bits per heavy atom. The summed E-state index contributed by atoms with van der Waals surface area (Å²) in [5.74, 6) is 1.66. The maximum Gasteiger partial charge on any atom is 0.200 e. The fourth-order valence-corrected chi connectivity index (χ4v) is 1.37. The lowest BCUT2D eigenvalue weighted by atomic mass is 10.1. The van der Waals surface area contributed by atoms with Gasteiger partial charge in [0.05, 0.1) is 12.5 Å². The fraction of sp³-hybridized carbons (Fsp3) is 0.125. The van der Waals surface area contributed by atoms with Crippen LogP contribution in [0.5, 0.6) is 0 Å². The lowest BCUT2D eigenvalue weighted by Gasteiger charge is -2.09. The van der Waals surface area contributed by atoms with E-state index in [-0.39, 0.29) is 0 Å². The van der Waals surface area contributed by atoms with Crippen molar-refractivity contribution in [2.24, 2.45) is 0 Å². The molecular formula is C8H6N2O2. The van der Waals surface area contributed by atoms with Gasteiger partial charge in [0.1, 0.15) is 5.69 Å². The van der Waals surface area contributed by atoms with Gasteiger partial charge in [-0.25, -0.2) is 0 Å². The van der Waals surface area contributed by atoms with Gasteiger partial charge in [-0.1, -0.05) is 5.16 Å². The quantitative estimate of drug-likeness (QED) is 0.548. The van der Waals surface area contributed by atoms with Gasteiger partial charge in [-0.15, -0.1) is 0 Å². The SMILES string of the molecule is c1cc2c(o1)Nc1cnoc1C2. The molecule has 0 aliphatic carbocycles. The van der Waals surface area contributed by atoms with Crippen molar-refractivity contribution in [1.29, 1.82) is 0 Å². The zero-order valence-corrected chi connectivity index (χ0v) is 6.20. The normalized spacial score (nSPS) is 13.3. The molecule has 2 aromatic rings. The zero-order valence-electron chi connectivity index (χ0n) is 6.20. The number of nitrogens with one attached hydrogen (secondary N) is 1. The van der Waals surface area contributed by atoms with Crippen molar-refractivity contribution in [1.82, 2.24) is 5.16 Å². The van der Waals surface area contributed by atoms with Crippen LogP contribution in [0.2, 0.25) is 0 Å². The first-order chi connectivity index (χ1) is 5.93. The summed E-state index contributed by atoms with van der Waals surface area (Å²) >= 11 is 0. The molecule has 4 heteroatoms. The second-order valence-corrected chi connectivity index (χ2v) is 2.74. The molecule has 3 heterocycles. The molecule has 0 unspecified atom stereocenters. The van der Waals surface area contributed by atoms with Gasteiger partial charge in [-0.3, -0.25) is 0 Å². The molecule has 0 radical (unpaired) electrons. The lowest BCUT2D eigenvalue weighted by molar-refractivity contribution is 0.389. The molecule has 0 atom stereocenters. The number of nitrogens with zero attached hydrogens (tertiary/aromatic N) is 1. The van der Waals surface area contributed by atoms with Crippen LogP contribution in [0.3, 0.4) is 0 Å². The van der Waals surface area contributed by atoms with Gasteiger partial charge in [0.15, 0.2) is 5.76 Å². The van der Waals surface area contributed by atoms with Crippen LogP contribution in [-0.4, -0.2) is 5.16 Å². The molecule has 2 aromatic heterocycles. The molecule has 0 saturated carbocycles. The number of aromatic nitrogens is 1. The minimum atomic E-state index is 0.758. The Balaban J connectivity index is 2.15. The third kappa shape index (κ3) is 0.637. The van der Waals surface area contributed by atoms with Crippen molar-refractivity contribution in [3.63, 3.8) is 0 Å². The largest absolute Gasteiger partial charge is 0.448 e. The molecule has 4 nitrogen and oxygen atoms in total. The Bertz CT molecular complexity index is 343. The maximum atomic E-state index is 5.20. The Kier molecular flexibility index (Phi) is 0.935. The Labute approximate surface area is 68.2 Å². The molecule has 0 amide bonds. The summed E-state index contributed by atoms with van der Waals surface area (Å²) in [4.78, 5) is 0. The van der Waals surface area contributed by atoms with E-state index >= 15 is 0 Å². The Hall–Kier alpha value is -1.71. The Morgan fingerprint density at radius 3 is 3.50 bits per heavy atom. The molecule has 0 saturated heterocycles. The van der Waals surface area contributed by atoms with Gasteiger partial charge < -0.3 is 14.3 Å². The molecule has 3 rings (SSSR count). The van der Waals surface area contributed by atoms with Crippen molar-refractivity contribution in [3.8, 4) is 0 Å². The third-order valence-corrected chi connectivity index (χ3v) is 1.99. The summed E-state index contributed by atoms with van der Waals surface area (Å²) in [6.07, 6.45) is 4.08. The second kappa shape index (κ2) is 1.91. The van der Waals surface area contributed by atoms with Crippen molar-refractivity contribution >= 4 is 11.6 Å². The summed E-state index contributed by atoms with van der Waals surface area (Å²) in [6.45, 7) is 0. The first kappa shape index (κ1) is 5.88. The second-order valence-electron chi connectivity index (χ2n) is 2.74. The van der Waals surface area contributed by atoms with Crippen LogP contribution in [0.15, 0.2) is 27.5 Å². The van der Waals surface area contributed by atoms with E-state index in [0.29, 0.717) is 0 Å². The monoisotopic (exact) mass is 162 g/mol. The highest BCUT2D eigenvalue weighted by Gasteiger charge is 2.20. The average molecular weight is 162 g/mol. The first-order valence-corrected chi connectivity index (χ1v) is 3.70. The van der Waals surface area contributed by atoms with E-state index in [4.69, 9.17) is 8.94 Å². The van der Waals surface area contributed by atoms with Gasteiger partial charge in [0, 0.05) is 12.0 Å². The highest BCUT2D eigenvalue weighted by Crippen LogP contribution is 2.32. The Morgan fingerprint density at radius 2 is 2.50 bits per heavy atom. The van der Waals surface area contributed by atoms with E-state index in [1.807, 2.05) is 6.07 Å². The summed E-state index contributed by atoms with van der Waals surface area (Å²) in [5.41, 5.74) is 2.01. The molecule has 60 valence electrons. The van der Waals surface area contributed by atoms with E-state index in [1.165, 1.54) is 0 Å². The van der Waals surface area contributed by atoms with Crippen LogP contribution in [0, 0.1) is 0 Å². The topological polar surface area (TPSA) is 51.2 Å². The van der Waals surface area contributed by atoms with Crippen molar-refractivity contribution < 1.29 is 8.94 Å². The van der Waals surface area contributed by atoms with Crippen molar-refractivity contribution in [2.75, 3.05) is 5.32 Å². The number of fused-ring (bicyclic) bond motifs is 2. The van der Waals surface area contributed by atoms with Crippen LogP contribution in [0.1, 0.15) is 11.3 Å². The fourth-order valence-electron chi connectivity index (χ4n) is 1.37. The molecule has 1 aliphatic heterocycles. The standard InChI is InChI=1S/C8H6N2O2/c1-2-11-8-5(1)3-7-6(10-8)4-9-12-7/h1-2,4,10H,3H2. The van der Waals surface area contributed by atoms with Gasteiger partial charge in [0.25, 0.3) is 0 Å². The van der Waals surface area contributed by atoms with Gasteiger partial charge >= 0.3 is 0 Å². The molecule has 0 aromatic carbocycles. The summed E-state index contributed by atoms with van der Waals surface area (Å²) in [5, 5.41) is 6.76. The number of hydrogen-bond acceptors (Lipinski definition) is 4. The lowest BCUT2D eigenvalue weighted by Crippen LogP contribution is -2.01. The van der Waals surface area contributed by atoms with E-state index in [9.17, 15) is 0 Å². The molecule has 12 heavy (non-hydrogen) atoms. The number of anilines is 2. The molecule has 0 fully saturated rings. The maximum absolute atomic E-state index is 5.20. The molecule has 0 spiro atoms. The highest BCUT2D eigenvalue weighted by atomic mass is 16.5. The zero-order chi connectivity index (χ0) is 7.97. The molecular weight excluding hydrogens is 156 g/mol. The highest BCUT2D eigenvalue weighted by molar-refractivity contribution is 5.64. The van der Waals surface area contributed by atoms with Crippen molar-refractivity contribution in [2.45, 2.75) is 6.42 Å². The number of furan rings is 1. The van der Waals surface area contributed by atoms with Crippen LogP contribution < -0.4 is 5.32 Å². The third-order valence-electron chi connectivity index (χ3n) is 1.99. The molecule has 0 bridgehead atoms.